The molecule has 0 radical (unpaired) electrons. The van der Waals surface area contributed by atoms with Gasteiger partial charge in [0.05, 0.1) is 30.5 Å². The van der Waals surface area contributed by atoms with Crippen molar-refractivity contribution in [2.75, 3.05) is 20.0 Å². The Morgan fingerprint density at radius 2 is 2.06 bits per heavy atom. The molecule has 0 atom stereocenters. The average Bonchev–Trinajstić information content (AvgIpc) is 2.75. The van der Waals surface area contributed by atoms with E-state index in [-0.39, 0.29) is 10.8 Å². The molecule has 1 heterocycles. The first-order valence-corrected chi connectivity index (χ1v) is 5.41. The normalized spacial score (nSPS) is 10.4. The molecule has 7 heteroatoms. The van der Waals surface area contributed by atoms with Crippen LogP contribution in [0.1, 0.15) is 0 Å². The summed E-state index contributed by atoms with van der Waals surface area (Å²) in [6.07, 6.45) is 0. The number of phenolic OH excluding ortho intramolecular Hbond substituents is 1. The fourth-order valence-corrected chi connectivity index (χ4v) is 2.03. The quantitative estimate of drug-likeness (QED) is 0.793. The number of H-pyrrole nitrogens is 1. The lowest BCUT2D eigenvalue weighted by atomic mass is 10.1. The predicted octanol–water partition coefficient (Wildman–Crippen LogP) is 2.04. The highest BCUT2D eigenvalue weighted by atomic mass is 35.5. The third-order valence-electron chi connectivity index (χ3n) is 2.46. The van der Waals surface area contributed by atoms with Gasteiger partial charge in [-0.25, -0.2) is 0 Å². The molecule has 0 aliphatic heterocycles. The van der Waals surface area contributed by atoms with Crippen molar-refractivity contribution in [2.45, 2.75) is 0 Å². The van der Waals surface area contributed by atoms with Crippen LogP contribution in [0.25, 0.3) is 11.3 Å². The summed E-state index contributed by atoms with van der Waals surface area (Å²) in [7, 11) is 2.92. The Labute approximate surface area is 108 Å². The first-order chi connectivity index (χ1) is 8.58. The number of aromatic hydroxyl groups is 1. The van der Waals surface area contributed by atoms with Gasteiger partial charge in [0.25, 0.3) is 0 Å². The molecule has 2 rings (SSSR count). The monoisotopic (exact) mass is 269 g/mol. The van der Waals surface area contributed by atoms with Gasteiger partial charge in [0.2, 0.25) is 0 Å². The van der Waals surface area contributed by atoms with Gasteiger partial charge in [0.1, 0.15) is 11.6 Å². The first-order valence-electron chi connectivity index (χ1n) is 5.03. The van der Waals surface area contributed by atoms with Crippen LogP contribution in [-0.2, 0) is 0 Å². The third kappa shape index (κ3) is 1.91. The number of nitrogens with one attached hydrogen (secondary N) is 1. The van der Waals surface area contributed by atoms with Gasteiger partial charge >= 0.3 is 0 Å². The van der Waals surface area contributed by atoms with Crippen molar-refractivity contribution in [3.63, 3.8) is 0 Å². The molecule has 2 aromatic rings. The molecule has 0 aliphatic carbocycles. The van der Waals surface area contributed by atoms with E-state index in [1.807, 2.05) is 0 Å². The van der Waals surface area contributed by atoms with Crippen LogP contribution in [0, 0.1) is 0 Å². The summed E-state index contributed by atoms with van der Waals surface area (Å²) in [4.78, 5) is 0. The Bertz CT molecular complexity index is 583. The van der Waals surface area contributed by atoms with Gasteiger partial charge in [-0.1, -0.05) is 11.6 Å². The number of aromatic nitrogens is 2. The van der Waals surface area contributed by atoms with Gasteiger partial charge in [-0.05, 0) is 0 Å². The van der Waals surface area contributed by atoms with Crippen LogP contribution in [-0.4, -0.2) is 29.5 Å². The van der Waals surface area contributed by atoms with Crippen LogP contribution in [0.2, 0.25) is 5.02 Å². The molecule has 4 N–H and O–H groups in total. The Balaban J connectivity index is 2.68. The molecule has 96 valence electrons. The maximum absolute atomic E-state index is 9.98. The van der Waals surface area contributed by atoms with Crippen LogP contribution in [0.15, 0.2) is 12.1 Å². The zero-order chi connectivity index (χ0) is 13.3. The molecule has 0 fully saturated rings. The smallest absolute Gasteiger partial charge is 0.180 e. The molecule has 0 saturated heterocycles. The van der Waals surface area contributed by atoms with E-state index in [2.05, 4.69) is 10.2 Å². The summed E-state index contributed by atoms with van der Waals surface area (Å²) < 4.78 is 10.2. The van der Waals surface area contributed by atoms with E-state index in [1.54, 1.807) is 6.07 Å². The number of halogens is 1. The number of aromatic amines is 1. The Morgan fingerprint density at radius 1 is 1.33 bits per heavy atom. The van der Waals surface area contributed by atoms with Gasteiger partial charge in [-0.2, -0.15) is 5.10 Å². The van der Waals surface area contributed by atoms with Crippen molar-refractivity contribution in [1.29, 1.82) is 0 Å². The first kappa shape index (κ1) is 12.4. The number of hydrogen-bond acceptors (Lipinski definition) is 5. The summed E-state index contributed by atoms with van der Waals surface area (Å²) in [5.41, 5.74) is 6.38. The highest BCUT2D eigenvalue weighted by molar-refractivity contribution is 6.35. The van der Waals surface area contributed by atoms with Crippen LogP contribution in [0.4, 0.5) is 5.82 Å². The molecule has 1 aromatic heterocycles. The molecular formula is C11H12ClN3O3. The fraction of sp³-hybridized carbons (Fsp3) is 0.182. The second-order valence-electron chi connectivity index (χ2n) is 3.53. The van der Waals surface area contributed by atoms with E-state index in [1.165, 1.54) is 20.3 Å². The number of anilines is 1. The molecule has 0 aliphatic rings. The van der Waals surface area contributed by atoms with E-state index < -0.39 is 0 Å². The highest BCUT2D eigenvalue weighted by Gasteiger charge is 2.20. The summed E-state index contributed by atoms with van der Waals surface area (Å²) in [6.45, 7) is 0. The Morgan fingerprint density at radius 3 is 2.56 bits per heavy atom. The molecule has 18 heavy (non-hydrogen) atoms. The van der Waals surface area contributed by atoms with E-state index in [9.17, 15) is 5.11 Å². The zero-order valence-corrected chi connectivity index (χ0v) is 10.6. The number of methoxy groups -OCH3 is 2. The molecule has 0 saturated carbocycles. The SMILES string of the molecule is COc1cc(O)c(-c2cc(N)n[nH]2)c(Cl)c1OC. The maximum atomic E-state index is 9.98. The summed E-state index contributed by atoms with van der Waals surface area (Å²) in [5.74, 6) is 0.924. The van der Waals surface area contributed by atoms with Gasteiger partial charge in [-0.3, -0.25) is 5.10 Å². The highest BCUT2D eigenvalue weighted by Crippen LogP contribution is 2.46. The molecule has 0 unspecified atom stereocenters. The number of nitrogen functional groups attached to an aromatic ring is 1. The number of hydrogen-bond donors (Lipinski definition) is 3. The summed E-state index contributed by atoms with van der Waals surface area (Å²) in [6, 6.07) is 2.98. The third-order valence-corrected chi connectivity index (χ3v) is 2.82. The lowest BCUT2D eigenvalue weighted by Gasteiger charge is -2.13. The van der Waals surface area contributed by atoms with E-state index >= 15 is 0 Å². The number of nitrogens with zero attached hydrogens (tertiary/aromatic N) is 1. The minimum atomic E-state index is -0.0544. The molecule has 1 aromatic carbocycles. The van der Waals surface area contributed by atoms with Crippen LogP contribution in [0.5, 0.6) is 17.2 Å². The van der Waals surface area contributed by atoms with Gasteiger partial charge in [-0.15, -0.1) is 0 Å². The number of benzene rings is 1. The van der Waals surface area contributed by atoms with Crippen molar-refractivity contribution in [3.05, 3.63) is 17.2 Å². The average molecular weight is 270 g/mol. The number of nitrogens with two attached hydrogens (primary N) is 1. The standard InChI is InChI=1S/C11H12ClN3O3/c1-17-7-4-6(16)9(10(12)11(7)18-2)5-3-8(13)15-14-5/h3-4,16H,1-2H3,(H3,13,14,15). The minimum Gasteiger partial charge on any atom is -0.507 e. The van der Waals surface area contributed by atoms with Crippen LogP contribution >= 0.6 is 11.6 Å². The van der Waals surface area contributed by atoms with Crippen molar-refractivity contribution in [3.8, 4) is 28.5 Å². The topological polar surface area (TPSA) is 93.4 Å². The molecule has 0 amide bonds. The van der Waals surface area contributed by atoms with Crippen molar-refractivity contribution >= 4 is 17.4 Å². The lowest BCUT2D eigenvalue weighted by molar-refractivity contribution is 0.352. The second kappa shape index (κ2) is 4.66. The van der Waals surface area contributed by atoms with Gasteiger partial charge < -0.3 is 20.3 Å². The van der Waals surface area contributed by atoms with Crippen molar-refractivity contribution in [1.82, 2.24) is 10.2 Å². The second-order valence-corrected chi connectivity index (χ2v) is 3.90. The minimum absolute atomic E-state index is 0.0544. The molecular weight excluding hydrogens is 258 g/mol. The zero-order valence-electron chi connectivity index (χ0n) is 9.82. The van der Waals surface area contributed by atoms with E-state index in [0.29, 0.717) is 28.6 Å². The van der Waals surface area contributed by atoms with Gasteiger partial charge in [0, 0.05) is 12.1 Å². The lowest BCUT2D eigenvalue weighted by Crippen LogP contribution is -1.94. The molecule has 0 bridgehead atoms. The summed E-state index contributed by atoms with van der Waals surface area (Å²) >= 11 is 6.19. The van der Waals surface area contributed by atoms with E-state index in [0.717, 1.165) is 0 Å². The maximum Gasteiger partial charge on any atom is 0.180 e. The predicted molar refractivity (Wildman–Crippen MR) is 68.2 cm³/mol. The number of phenols is 1. The van der Waals surface area contributed by atoms with Crippen molar-refractivity contribution < 1.29 is 14.6 Å². The largest absolute Gasteiger partial charge is 0.507 e. The number of rotatable bonds is 3. The van der Waals surface area contributed by atoms with Crippen LogP contribution < -0.4 is 15.2 Å². The Hall–Kier alpha value is -2.08. The Kier molecular flexibility index (Phi) is 3.20. The number of ether oxygens (including phenoxy) is 2. The van der Waals surface area contributed by atoms with Gasteiger partial charge in [0.15, 0.2) is 11.5 Å². The van der Waals surface area contributed by atoms with Crippen LogP contribution in [0.3, 0.4) is 0 Å². The summed E-state index contributed by atoms with van der Waals surface area (Å²) in [5, 5.41) is 16.7. The van der Waals surface area contributed by atoms with E-state index in [4.69, 9.17) is 26.8 Å². The molecule has 0 spiro atoms. The fourth-order valence-electron chi connectivity index (χ4n) is 1.66. The molecule has 6 nitrogen and oxygen atoms in total. The van der Waals surface area contributed by atoms with Crippen molar-refractivity contribution in [2.24, 2.45) is 0 Å².